The third-order valence-corrected chi connectivity index (χ3v) is 3.82. The minimum atomic E-state index is 0.631. The molecule has 3 heteroatoms. The highest BCUT2D eigenvalue weighted by Gasteiger charge is 2.00. The second-order valence-electron chi connectivity index (χ2n) is 3.45. The molecule has 0 aliphatic carbocycles. The van der Waals surface area contributed by atoms with E-state index in [1.807, 2.05) is 24.3 Å². The Bertz CT molecular complexity index is 271. The van der Waals surface area contributed by atoms with Crippen molar-refractivity contribution in [3.05, 3.63) is 28.7 Å². The third kappa shape index (κ3) is 5.57. The molecule has 0 N–H and O–H groups in total. The molecule has 1 nitrogen and oxygen atoms in total. The highest BCUT2D eigenvalue weighted by atomic mass is 79.9. The van der Waals surface area contributed by atoms with Gasteiger partial charge in [0.2, 0.25) is 0 Å². The largest absolute Gasteiger partial charge is 0.494 e. The molecule has 84 valence electrons. The predicted octanol–water partition coefficient (Wildman–Crippen LogP) is 4.78. The average Bonchev–Trinajstić information content (AvgIpc) is 2.26. The normalized spacial score (nSPS) is 12.5. The van der Waals surface area contributed by atoms with Crippen LogP contribution in [0.25, 0.3) is 0 Å². The number of halogens is 2. The van der Waals surface area contributed by atoms with Crippen molar-refractivity contribution < 1.29 is 4.74 Å². The van der Waals surface area contributed by atoms with Gasteiger partial charge in [0.15, 0.2) is 0 Å². The highest BCUT2D eigenvalue weighted by molar-refractivity contribution is 9.10. The number of benzene rings is 1. The molecule has 15 heavy (non-hydrogen) atoms. The smallest absolute Gasteiger partial charge is 0.119 e. The van der Waals surface area contributed by atoms with E-state index < -0.39 is 0 Å². The maximum absolute atomic E-state index is 5.61. The van der Waals surface area contributed by atoms with Gasteiger partial charge in [0.25, 0.3) is 0 Å². The van der Waals surface area contributed by atoms with Crippen LogP contribution < -0.4 is 4.74 Å². The molecular weight excluding hydrogens is 320 g/mol. The summed E-state index contributed by atoms with van der Waals surface area (Å²) in [6, 6.07) is 7.95. The molecule has 0 fully saturated rings. The molecule has 0 heterocycles. The van der Waals surface area contributed by atoms with E-state index in [0.29, 0.717) is 4.83 Å². The van der Waals surface area contributed by atoms with Crippen LogP contribution in [0, 0.1) is 0 Å². The Hall–Kier alpha value is -0.0200. The first-order valence-electron chi connectivity index (χ1n) is 5.24. The van der Waals surface area contributed by atoms with E-state index in [1.54, 1.807) is 0 Å². The summed E-state index contributed by atoms with van der Waals surface area (Å²) in [4.78, 5) is 0.631. The maximum Gasteiger partial charge on any atom is 0.119 e. The number of hydrogen-bond acceptors (Lipinski definition) is 1. The first-order valence-corrected chi connectivity index (χ1v) is 6.95. The van der Waals surface area contributed by atoms with Gasteiger partial charge in [-0.3, -0.25) is 0 Å². The van der Waals surface area contributed by atoms with Gasteiger partial charge in [0.1, 0.15) is 5.75 Å². The van der Waals surface area contributed by atoms with Gasteiger partial charge in [-0.2, -0.15) is 0 Å². The Morgan fingerprint density at radius 1 is 1.27 bits per heavy atom. The van der Waals surface area contributed by atoms with Gasteiger partial charge in [0, 0.05) is 9.30 Å². The van der Waals surface area contributed by atoms with E-state index in [1.165, 1.54) is 12.8 Å². The molecule has 1 atom stereocenters. The summed E-state index contributed by atoms with van der Waals surface area (Å²) in [6.07, 6.45) is 3.45. The fraction of sp³-hybridized carbons (Fsp3) is 0.500. The van der Waals surface area contributed by atoms with E-state index in [2.05, 4.69) is 38.8 Å². The van der Waals surface area contributed by atoms with Crippen LogP contribution in [-0.2, 0) is 0 Å². The summed E-state index contributed by atoms with van der Waals surface area (Å²) in [7, 11) is 0. The van der Waals surface area contributed by atoms with Crippen molar-refractivity contribution in [2.24, 2.45) is 0 Å². The Kier molecular flexibility index (Phi) is 6.34. The first-order chi connectivity index (χ1) is 7.22. The van der Waals surface area contributed by atoms with Gasteiger partial charge in [0.05, 0.1) is 6.61 Å². The van der Waals surface area contributed by atoms with E-state index in [4.69, 9.17) is 4.74 Å². The lowest BCUT2D eigenvalue weighted by molar-refractivity contribution is 0.306. The summed E-state index contributed by atoms with van der Waals surface area (Å²) < 4.78 is 6.70. The molecular formula is C12H16Br2O. The van der Waals surface area contributed by atoms with Crippen molar-refractivity contribution >= 4 is 31.9 Å². The Labute approximate surface area is 108 Å². The minimum Gasteiger partial charge on any atom is -0.494 e. The fourth-order valence-electron chi connectivity index (χ4n) is 1.23. The van der Waals surface area contributed by atoms with Gasteiger partial charge >= 0.3 is 0 Å². The third-order valence-electron chi connectivity index (χ3n) is 2.19. The van der Waals surface area contributed by atoms with Gasteiger partial charge in [-0.15, -0.1) is 0 Å². The summed E-state index contributed by atoms with van der Waals surface area (Å²) in [5, 5.41) is 0. The van der Waals surface area contributed by atoms with E-state index in [9.17, 15) is 0 Å². The number of hydrogen-bond donors (Lipinski definition) is 0. The zero-order valence-electron chi connectivity index (χ0n) is 8.88. The quantitative estimate of drug-likeness (QED) is 0.537. The topological polar surface area (TPSA) is 9.23 Å². The minimum absolute atomic E-state index is 0.631. The molecule has 1 aromatic carbocycles. The van der Waals surface area contributed by atoms with Gasteiger partial charge in [-0.05, 0) is 43.5 Å². The summed E-state index contributed by atoms with van der Waals surface area (Å²) in [5.41, 5.74) is 0. The molecule has 0 aromatic heterocycles. The van der Waals surface area contributed by atoms with Crippen LogP contribution in [0.2, 0.25) is 0 Å². The molecule has 1 unspecified atom stereocenters. The SMILES string of the molecule is CCC(Br)CCCOc1ccc(Br)cc1. The van der Waals surface area contributed by atoms with Crippen molar-refractivity contribution in [3.63, 3.8) is 0 Å². The number of alkyl halides is 1. The fourth-order valence-corrected chi connectivity index (χ4v) is 1.82. The maximum atomic E-state index is 5.61. The lowest BCUT2D eigenvalue weighted by Crippen LogP contribution is -2.02. The van der Waals surface area contributed by atoms with Gasteiger partial charge in [-0.1, -0.05) is 38.8 Å². The molecule has 1 rings (SSSR count). The van der Waals surface area contributed by atoms with E-state index in [-0.39, 0.29) is 0 Å². The molecule has 0 radical (unpaired) electrons. The van der Waals surface area contributed by atoms with Crippen molar-refractivity contribution in [3.8, 4) is 5.75 Å². The monoisotopic (exact) mass is 334 g/mol. The van der Waals surface area contributed by atoms with E-state index in [0.717, 1.165) is 23.2 Å². The number of ether oxygens (including phenoxy) is 1. The van der Waals surface area contributed by atoms with Crippen LogP contribution in [0.3, 0.4) is 0 Å². The van der Waals surface area contributed by atoms with Crippen molar-refractivity contribution in [1.29, 1.82) is 0 Å². The molecule has 0 spiro atoms. The second-order valence-corrected chi connectivity index (χ2v) is 5.66. The first kappa shape index (κ1) is 13.0. The molecule has 0 aliphatic rings. The molecule has 0 amide bonds. The van der Waals surface area contributed by atoms with Crippen LogP contribution >= 0.6 is 31.9 Å². The summed E-state index contributed by atoms with van der Waals surface area (Å²) in [6.45, 7) is 2.98. The van der Waals surface area contributed by atoms with Crippen molar-refractivity contribution in [2.75, 3.05) is 6.61 Å². The van der Waals surface area contributed by atoms with Crippen LogP contribution in [-0.4, -0.2) is 11.4 Å². The summed E-state index contributed by atoms with van der Waals surface area (Å²) in [5.74, 6) is 0.945. The molecule has 1 aromatic rings. The van der Waals surface area contributed by atoms with Crippen LogP contribution in [0.1, 0.15) is 26.2 Å². The number of rotatable bonds is 6. The predicted molar refractivity (Wildman–Crippen MR) is 71.9 cm³/mol. The standard InChI is InChI=1S/C12H16Br2O/c1-2-10(13)4-3-9-15-12-7-5-11(14)6-8-12/h5-8,10H,2-4,9H2,1H3. The Balaban J connectivity index is 2.17. The summed E-state index contributed by atoms with van der Waals surface area (Å²) >= 11 is 7.00. The molecule has 0 saturated heterocycles. The second kappa shape index (κ2) is 7.29. The highest BCUT2D eigenvalue weighted by Crippen LogP contribution is 2.17. The molecule has 0 bridgehead atoms. The zero-order chi connectivity index (χ0) is 11.1. The van der Waals surface area contributed by atoms with Crippen LogP contribution in [0.4, 0.5) is 0 Å². The Morgan fingerprint density at radius 2 is 1.93 bits per heavy atom. The molecule has 0 saturated carbocycles. The van der Waals surface area contributed by atoms with E-state index >= 15 is 0 Å². The lowest BCUT2D eigenvalue weighted by Gasteiger charge is -2.08. The van der Waals surface area contributed by atoms with Crippen molar-refractivity contribution in [1.82, 2.24) is 0 Å². The average molecular weight is 336 g/mol. The van der Waals surface area contributed by atoms with Gasteiger partial charge < -0.3 is 4.74 Å². The zero-order valence-corrected chi connectivity index (χ0v) is 12.1. The van der Waals surface area contributed by atoms with Gasteiger partial charge in [-0.25, -0.2) is 0 Å². The Morgan fingerprint density at radius 3 is 2.53 bits per heavy atom. The van der Waals surface area contributed by atoms with Crippen LogP contribution in [0.5, 0.6) is 5.75 Å². The van der Waals surface area contributed by atoms with Crippen LogP contribution in [0.15, 0.2) is 28.7 Å². The van der Waals surface area contributed by atoms with Crippen molar-refractivity contribution in [2.45, 2.75) is 31.0 Å². The molecule has 0 aliphatic heterocycles. The lowest BCUT2D eigenvalue weighted by atomic mass is 10.2.